The molecule has 1 unspecified atom stereocenters. The summed E-state index contributed by atoms with van der Waals surface area (Å²) in [7, 11) is 0. The van der Waals surface area contributed by atoms with Crippen LogP contribution >= 0.6 is 0 Å². The van der Waals surface area contributed by atoms with E-state index in [0.717, 1.165) is 0 Å². The molecule has 2 rings (SSSR count). The minimum Gasteiger partial charge on any atom is -0.444 e. The normalized spacial score (nSPS) is 26.8. The summed E-state index contributed by atoms with van der Waals surface area (Å²) in [4.78, 5) is 25.0. The molecule has 0 N–H and O–H groups in total. The van der Waals surface area contributed by atoms with Crippen molar-refractivity contribution in [3.05, 3.63) is 23.8 Å². The second-order valence-electron chi connectivity index (χ2n) is 5.87. The molecule has 1 amide bonds. The topological polar surface area (TPSA) is 46.6 Å². The van der Waals surface area contributed by atoms with Crippen molar-refractivity contribution in [1.29, 1.82) is 0 Å². The van der Waals surface area contributed by atoms with Crippen LogP contribution in [0, 0.1) is 0 Å². The van der Waals surface area contributed by atoms with Crippen molar-refractivity contribution in [2.24, 2.45) is 0 Å². The molecule has 2 aliphatic rings. The van der Waals surface area contributed by atoms with Crippen LogP contribution < -0.4 is 0 Å². The van der Waals surface area contributed by atoms with Gasteiger partial charge >= 0.3 is 6.09 Å². The zero-order valence-electron chi connectivity index (χ0n) is 11.4. The Hall–Kier alpha value is -1.65. The Bertz CT molecular complexity index is 476. The fourth-order valence-electron chi connectivity index (χ4n) is 2.19. The molecule has 104 valence electrons. The van der Waals surface area contributed by atoms with Gasteiger partial charge in [0.1, 0.15) is 5.60 Å². The number of amides is 1. The maximum absolute atomic E-state index is 14.5. The van der Waals surface area contributed by atoms with Gasteiger partial charge in [0.05, 0.1) is 0 Å². The SMILES string of the molecule is CC(C)(C)OC(=O)N1CCC2(F)C(=O)C=CC=C2C1. The molecule has 1 aliphatic carbocycles. The molecule has 19 heavy (non-hydrogen) atoms. The van der Waals surface area contributed by atoms with Crippen molar-refractivity contribution in [1.82, 2.24) is 4.90 Å². The number of carbonyl (C=O) groups excluding carboxylic acids is 2. The van der Waals surface area contributed by atoms with Gasteiger partial charge in [-0.1, -0.05) is 12.2 Å². The van der Waals surface area contributed by atoms with E-state index in [1.54, 1.807) is 26.8 Å². The summed E-state index contributed by atoms with van der Waals surface area (Å²) in [5, 5.41) is 0. The molecular formula is C14H18FNO3. The maximum atomic E-state index is 14.5. The first-order valence-electron chi connectivity index (χ1n) is 6.31. The number of hydrogen-bond acceptors (Lipinski definition) is 3. The van der Waals surface area contributed by atoms with Crippen LogP contribution in [0.1, 0.15) is 27.2 Å². The number of carbonyl (C=O) groups is 2. The van der Waals surface area contributed by atoms with Crippen LogP contribution in [0.3, 0.4) is 0 Å². The van der Waals surface area contributed by atoms with Gasteiger partial charge in [0.25, 0.3) is 0 Å². The first-order chi connectivity index (χ1) is 8.72. The Kier molecular flexibility index (Phi) is 3.24. The van der Waals surface area contributed by atoms with Gasteiger partial charge in [0.2, 0.25) is 0 Å². The standard InChI is InChI=1S/C14H18FNO3/c1-13(2,3)19-12(18)16-8-7-14(15)10(9-16)5-4-6-11(14)17/h4-6H,7-9H2,1-3H3. The van der Waals surface area contributed by atoms with Crippen LogP contribution in [0.15, 0.2) is 23.8 Å². The largest absolute Gasteiger partial charge is 0.444 e. The lowest BCUT2D eigenvalue weighted by Gasteiger charge is -2.38. The fourth-order valence-corrected chi connectivity index (χ4v) is 2.19. The number of ether oxygens (including phenoxy) is 1. The average Bonchev–Trinajstić information content (AvgIpc) is 2.28. The summed E-state index contributed by atoms with van der Waals surface area (Å²) in [6.45, 7) is 5.62. The minimum absolute atomic E-state index is 0.0126. The number of hydrogen-bond donors (Lipinski definition) is 0. The number of likely N-dealkylation sites (tertiary alicyclic amines) is 1. The predicted molar refractivity (Wildman–Crippen MR) is 68.5 cm³/mol. The molecule has 1 saturated heterocycles. The highest BCUT2D eigenvalue weighted by atomic mass is 19.1. The van der Waals surface area contributed by atoms with Crippen molar-refractivity contribution in [3.63, 3.8) is 0 Å². The van der Waals surface area contributed by atoms with E-state index in [1.165, 1.54) is 17.1 Å². The van der Waals surface area contributed by atoms with Crippen LogP contribution in [-0.2, 0) is 9.53 Å². The van der Waals surface area contributed by atoms with Crippen LogP contribution in [0.5, 0.6) is 0 Å². The minimum atomic E-state index is -1.94. The Morgan fingerprint density at radius 3 is 2.79 bits per heavy atom. The first-order valence-corrected chi connectivity index (χ1v) is 6.31. The third-order valence-corrected chi connectivity index (χ3v) is 3.18. The molecule has 0 aromatic rings. The van der Waals surface area contributed by atoms with Gasteiger partial charge in [-0.3, -0.25) is 4.79 Å². The van der Waals surface area contributed by atoms with E-state index in [0.29, 0.717) is 5.57 Å². The van der Waals surface area contributed by atoms with E-state index in [2.05, 4.69) is 0 Å². The van der Waals surface area contributed by atoms with Gasteiger partial charge < -0.3 is 9.64 Å². The number of rotatable bonds is 0. The van der Waals surface area contributed by atoms with E-state index in [9.17, 15) is 14.0 Å². The van der Waals surface area contributed by atoms with Gasteiger partial charge in [0, 0.05) is 19.5 Å². The Labute approximate surface area is 111 Å². The first kappa shape index (κ1) is 13.8. The Morgan fingerprint density at radius 1 is 1.47 bits per heavy atom. The van der Waals surface area contributed by atoms with E-state index in [4.69, 9.17) is 4.74 Å². The highest BCUT2D eigenvalue weighted by molar-refractivity contribution is 6.01. The fraction of sp³-hybridized carbons (Fsp3) is 0.571. The number of allylic oxidation sites excluding steroid dienone is 3. The lowest BCUT2D eigenvalue weighted by molar-refractivity contribution is -0.125. The van der Waals surface area contributed by atoms with E-state index < -0.39 is 23.1 Å². The van der Waals surface area contributed by atoms with Gasteiger partial charge in [-0.05, 0) is 32.4 Å². The number of ketones is 1. The Balaban J connectivity index is 2.11. The zero-order valence-corrected chi connectivity index (χ0v) is 11.4. The molecule has 5 heteroatoms. The van der Waals surface area contributed by atoms with Crippen molar-refractivity contribution in [2.45, 2.75) is 38.5 Å². The summed E-state index contributed by atoms with van der Waals surface area (Å²) in [5.74, 6) is -0.533. The van der Waals surface area contributed by atoms with Gasteiger partial charge in [0.15, 0.2) is 11.5 Å². The molecule has 0 aromatic carbocycles. The molecule has 0 bridgehead atoms. The number of piperidine rings is 1. The summed E-state index contributed by atoms with van der Waals surface area (Å²) in [6, 6.07) is 0. The highest BCUT2D eigenvalue weighted by Crippen LogP contribution is 2.35. The Morgan fingerprint density at radius 2 is 2.16 bits per heavy atom. The summed E-state index contributed by atoms with van der Waals surface area (Å²) >= 11 is 0. The predicted octanol–water partition coefficient (Wildman–Crippen LogP) is 2.40. The van der Waals surface area contributed by atoms with Crippen LogP contribution in [-0.4, -0.2) is 41.1 Å². The molecule has 1 aliphatic heterocycles. The second-order valence-corrected chi connectivity index (χ2v) is 5.87. The zero-order chi connectivity index (χ0) is 14.3. The van der Waals surface area contributed by atoms with Crippen LogP contribution in [0.2, 0.25) is 0 Å². The van der Waals surface area contributed by atoms with Gasteiger partial charge in [-0.25, -0.2) is 9.18 Å². The number of halogens is 1. The van der Waals surface area contributed by atoms with Crippen molar-refractivity contribution < 1.29 is 18.7 Å². The molecule has 0 aromatic heterocycles. The van der Waals surface area contributed by atoms with Gasteiger partial charge in [-0.15, -0.1) is 0 Å². The highest BCUT2D eigenvalue weighted by Gasteiger charge is 2.46. The number of nitrogens with zero attached hydrogens (tertiary/aromatic N) is 1. The lowest BCUT2D eigenvalue weighted by Crippen LogP contribution is -2.51. The molecular weight excluding hydrogens is 249 g/mol. The molecule has 1 heterocycles. The van der Waals surface area contributed by atoms with Crippen molar-refractivity contribution in [2.75, 3.05) is 13.1 Å². The van der Waals surface area contributed by atoms with E-state index in [-0.39, 0.29) is 19.5 Å². The number of alkyl halides is 1. The second kappa shape index (κ2) is 4.47. The lowest BCUT2D eigenvalue weighted by atomic mass is 9.81. The van der Waals surface area contributed by atoms with Crippen molar-refractivity contribution in [3.8, 4) is 0 Å². The molecule has 1 fully saturated rings. The summed E-state index contributed by atoms with van der Waals surface area (Å²) < 4.78 is 19.8. The van der Waals surface area contributed by atoms with Crippen LogP contribution in [0.4, 0.5) is 9.18 Å². The third-order valence-electron chi connectivity index (χ3n) is 3.18. The number of fused-ring (bicyclic) bond motifs is 1. The molecule has 0 saturated carbocycles. The third kappa shape index (κ3) is 2.69. The average molecular weight is 267 g/mol. The monoisotopic (exact) mass is 267 g/mol. The van der Waals surface area contributed by atoms with E-state index in [1.807, 2.05) is 0 Å². The molecule has 0 radical (unpaired) electrons. The molecule has 1 atom stereocenters. The van der Waals surface area contributed by atoms with Crippen LogP contribution in [0.25, 0.3) is 0 Å². The smallest absolute Gasteiger partial charge is 0.410 e. The summed E-state index contributed by atoms with van der Waals surface area (Å²) in [5.41, 5.74) is -2.19. The molecule has 0 spiro atoms. The molecule has 4 nitrogen and oxygen atoms in total. The van der Waals surface area contributed by atoms with E-state index >= 15 is 0 Å². The summed E-state index contributed by atoms with van der Waals surface area (Å²) in [6.07, 6.45) is 3.84. The quantitative estimate of drug-likeness (QED) is 0.677. The van der Waals surface area contributed by atoms with Gasteiger partial charge in [-0.2, -0.15) is 0 Å². The maximum Gasteiger partial charge on any atom is 0.410 e. The van der Waals surface area contributed by atoms with Crippen molar-refractivity contribution >= 4 is 11.9 Å².